The average molecular weight is 508 g/mol. The molecule has 0 unspecified atom stereocenters. The van der Waals surface area contributed by atoms with E-state index < -0.39 is 56.3 Å². The first-order valence-corrected chi connectivity index (χ1v) is 11.2. The molecule has 0 aliphatic rings. The first-order chi connectivity index (χ1) is 16.4. The highest BCUT2D eigenvalue weighted by molar-refractivity contribution is 7.92. The molecule has 0 aliphatic carbocycles. The lowest BCUT2D eigenvalue weighted by Gasteiger charge is -2.11. The number of hydrogen-bond acceptors (Lipinski definition) is 7. The number of amides is 1. The fourth-order valence-corrected chi connectivity index (χ4v) is 3.87. The predicted octanol–water partition coefficient (Wildman–Crippen LogP) is 0.958. The molecule has 0 spiro atoms. The Kier molecular flexibility index (Phi) is 7.14. The Morgan fingerprint density at radius 3 is 2.37 bits per heavy atom. The number of rotatable bonds is 7. The molecule has 35 heavy (non-hydrogen) atoms. The van der Waals surface area contributed by atoms with Crippen LogP contribution in [0.25, 0.3) is 0 Å². The molecular formula is C21H18F2N4O7S. The van der Waals surface area contributed by atoms with Crippen LogP contribution in [0, 0.1) is 11.6 Å². The molecule has 0 atom stereocenters. The molecule has 0 saturated carbocycles. The van der Waals surface area contributed by atoms with E-state index in [9.17, 15) is 36.4 Å². The second kappa shape index (κ2) is 9.89. The van der Waals surface area contributed by atoms with Gasteiger partial charge in [0.15, 0.2) is 18.2 Å². The molecule has 0 fully saturated rings. The maximum atomic E-state index is 13.4. The Balaban J connectivity index is 1.67. The maximum Gasteiger partial charge on any atom is 0.338 e. The summed E-state index contributed by atoms with van der Waals surface area (Å²) in [5, 5.41) is 2.28. The molecule has 2 N–H and O–H groups in total. The van der Waals surface area contributed by atoms with Gasteiger partial charge in [-0.15, -0.1) is 0 Å². The minimum Gasteiger partial charge on any atom is -0.452 e. The number of nitrogens with one attached hydrogen (secondary N) is 2. The number of benzene rings is 2. The van der Waals surface area contributed by atoms with Crippen molar-refractivity contribution >= 4 is 33.4 Å². The molecule has 11 nitrogen and oxygen atoms in total. The molecule has 1 heterocycles. The van der Waals surface area contributed by atoms with Gasteiger partial charge in [-0.25, -0.2) is 26.8 Å². The minimum absolute atomic E-state index is 0.0798. The van der Waals surface area contributed by atoms with E-state index in [0.717, 1.165) is 27.3 Å². The van der Waals surface area contributed by atoms with Gasteiger partial charge in [-0.1, -0.05) is 6.07 Å². The van der Waals surface area contributed by atoms with Crippen LogP contribution in [0.3, 0.4) is 0 Å². The van der Waals surface area contributed by atoms with E-state index in [1.54, 1.807) is 0 Å². The van der Waals surface area contributed by atoms with Gasteiger partial charge in [0.1, 0.15) is 5.82 Å². The smallest absolute Gasteiger partial charge is 0.338 e. The number of nitrogens with zero attached hydrogens (tertiary/aromatic N) is 2. The van der Waals surface area contributed by atoms with Crippen molar-refractivity contribution in [3.8, 4) is 0 Å². The van der Waals surface area contributed by atoms with Crippen molar-refractivity contribution in [3.63, 3.8) is 0 Å². The number of halogens is 2. The topological polar surface area (TPSA) is 146 Å². The Hall–Kier alpha value is -4.33. The molecule has 0 bridgehead atoms. The lowest BCUT2D eigenvalue weighted by atomic mass is 10.2. The van der Waals surface area contributed by atoms with Crippen molar-refractivity contribution < 1.29 is 31.5 Å². The summed E-state index contributed by atoms with van der Waals surface area (Å²) < 4.78 is 60.2. The summed E-state index contributed by atoms with van der Waals surface area (Å²) in [6, 6.07) is 8.09. The van der Waals surface area contributed by atoms with Gasteiger partial charge in [0, 0.05) is 25.8 Å². The molecule has 1 amide bonds. The standard InChI is InChI=1S/C21H18F2N4O7S/c1-26-17(10-19(29)27(2)21(26)31)24-18(28)11-34-20(30)12-4-3-5-13(8-12)25-35(32,33)14-6-7-15(22)16(23)9-14/h3-10,25H,11H2,1-2H3,(H,24,28). The highest BCUT2D eigenvalue weighted by Crippen LogP contribution is 2.19. The third-order valence-corrected chi connectivity index (χ3v) is 6.06. The van der Waals surface area contributed by atoms with E-state index in [2.05, 4.69) is 10.0 Å². The molecule has 2 aromatic carbocycles. The highest BCUT2D eigenvalue weighted by Gasteiger charge is 2.18. The summed E-state index contributed by atoms with van der Waals surface area (Å²) in [5.41, 5.74) is -1.52. The van der Waals surface area contributed by atoms with E-state index >= 15 is 0 Å². The number of sulfonamides is 1. The zero-order chi connectivity index (χ0) is 25.9. The fourth-order valence-electron chi connectivity index (χ4n) is 2.81. The third-order valence-electron chi connectivity index (χ3n) is 4.68. The summed E-state index contributed by atoms with van der Waals surface area (Å²) in [7, 11) is -1.70. The Labute approximate surface area is 196 Å². The first-order valence-electron chi connectivity index (χ1n) is 9.71. The van der Waals surface area contributed by atoms with Gasteiger partial charge in [0.25, 0.3) is 21.5 Å². The lowest BCUT2D eigenvalue weighted by Crippen LogP contribution is -2.38. The zero-order valence-corrected chi connectivity index (χ0v) is 19.1. The van der Waals surface area contributed by atoms with Crippen LogP contribution >= 0.6 is 0 Å². The van der Waals surface area contributed by atoms with Gasteiger partial charge in [-0.2, -0.15) is 0 Å². The third kappa shape index (κ3) is 5.78. The van der Waals surface area contributed by atoms with Gasteiger partial charge in [0.2, 0.25) is 0 Å². The van der Waals surface area contributed by atoms with Crippen molar-refractivity contribution in [1.29, 1.82) is 0 Å². The first kappa shape index (κ1) is 25.3. The largest absolute Gasteiger partial charge is 0.452 e. The zero-order valence-electron chi connectivity index (χ0n) is 18.2. The summed E-state index contributed by atoms with van der Waals surface area (Å²) >= 11 is 0. The van der Waals surface area contributed by atoms with E-state index in [4.69, 9.17) is 4.74 Å². The van der Waals surface area contributed by atoms with Crippen LogP contribution in [0.2, 0.25) is 0 Å². The van der Waals surface area contributed by atoms with E-state index in [-0.39, 0.29) is 17.1 Å². The predicted molar refractivity (Wildman–Crippen MR) is 119 cm³/mol. The number of anilines is 2. The Morgan fingerprint density at radius 1 is 0.971 bits per heavy atom. The molecule has 3 rings (SSSR count). The van der Waals surface area contributed by atoms with Crippen molar-refractivity contribution in [2.24, 2.45) is 14.1 Å². The Bertz CT molecular complexity index is 1550. The number of aromatic nitrogens is 2. The molecular weight excluding hydrogens is 490 g/mol. The molecule has 14 heteroatoms. The average Bonchev–Trinajstić information content (AvgIpc) is 2.81. The Morgan fingerprint density at radius 2 is 1.69 bits per heavy atom. The van der Waals surface area contributed by atoms with Crippen LogP contribution in [0.4, 0.5) is 20.3 Å². The van der Waals surface area contributed by atoms with E-state index in [0.29, 0.717) is 12.1 Å². The molecule has 1 aromatic heterocycles. The molecule has 3 aromatic rings. The second-order valence-corrected chi connectivity index (χ2v) is 8.84. The van der Waals surface area contributed by atoms with Crippen LogP contribution < -0.4 is 21.3 Å². The number of carbonyl (C=O) groups excluding carboxylic acids is 2. The number of hydrogen-bond donors (Lipinski definition) is 2. The fraction of sp³-hybridized carbons (Fsp3) is 0.143. The van der Waals surface area contributed by atoms with Gasteiger partial charge < -0.3 is 10.1 Å². The maximum absolute atomic E-state index is 13.4. The molecule has 0 aliphatic heterocycles. The summed E-state index contributed by atoms with van der Waals surface area (Å²) in [6.07, 6.45) is 0. The number of carbonyl (C=O) groups is 2. The van der Waals surface area contributed by atoms with Gasteiger partial charge in [-0.05, 0) is 36.4 Å². The second-order valence-electron chi connectivity index (χ2n) is 7.15. The van der Waals surface area contributed by atoms with Crippen LogP contribution in [0.15, 0.2) is 63.0 Å². The van der Waals surface area contributed by atoms with Crippen molar-refractivity contribution in [2.45, 2.75) is 4.90 Å². The normalized spacial score (nSPS) is 11.1. The summed E-state index contributed by atoms with van der Waals surface area (Å²) in [5.74, 6) is -4.48. The van der Waals surface area contributed by atoms with Crippen molar-refractivity contribution in [2.75, 3.05) is 16.6 Å². The van der Waals surface area contributed by atoms with E-state index in [1.807, 2.05) is 0 Å². The van der Waals surface area contributed by atoms with Crippen LogP contribution in [0.1, 0.15) is 10.4 Å². The number of esters is 1. The van der Waals surface area contributed by atoms with Crippen LogP contribution in [-0.2, 0) is 33.7 Å². The van der Waals surface area contributed by atoms with Gasteiger partial charge in [0.05, 0.1) is 10.5 Å². The minimum atomic E-state index is -4.30. The quantitative estimate of drug-likeness (QED) is 0.452. The summed E-state index contributed by atoms with van der Waals surface area (Å²) in [6.45, 7) is -0.771. The van der Waals surface area contributed by atoms with Crippen LogP contribution in [0.5, 0.6) is 0 Å². The molecule has 0 saturated heterocycles. The number of ether oxygens (including phenoxy) is 1. The summed E-state index contributed by atoms with van der Waals surface area (Å²) in [4.78, 5) is 47.5. The van der Waals surface area contributed by atoms with Gasteiger partial charge in [-0.3, -0.25) is 23.4 Å². The van der Waals surface area contributed by atoms with Crippen molar-refractivity contribution in [1.82, 2.24) is 9.13 Å². The van der Waals surface area contributed by atoms with Crippen LogP contribution in [-0.4, -0.2) is 36.0 Å². The van der Waals surface area contributed by atoms with E-state index in [1.165, 1.54) is 32.3 Å². The molecule has 184 valence electrons. The highest BCUT2D eigenvalue weighted by atomic mass is 32.2. The molecule has 0 radical (unpaired) electrons. The van der Waals surface area contributed by atoms with Gasteiger partial charge >= 0.3 is 11.7 Å². The lowest BCUT2D eigenvalue weighted by molar-refractivity contribution is -0.119. The SMILES string of the molecule is Cn1c(NC(=O)COC(=O)c2cccc(NS(=O)(=O)c3ccc(F)c(F)c3)c2)cc(=O)n(C)c1=O. The monoisotopic (exact) mass is 508 g/mol. The van der Waals surface area contributed by atoms with Crippen molar-refractivity contribution in [3.05, 3.63) is 86.6 Å².